The smallest absolute Gasteiger partial charge is 0.0561 e. The molecule has 3 aromatic rings. The van der Waals surface area contributed by atoms with Crippen molar-refractivity contribution in [3.63, 3.8) is 0 Å². The van der Waals surface area contributed by atoms with Crippen molar-refractivity contribution in [2.75, 3.05) is 0 Å². The number of nitrogens with one attached hydrogen (secondary N) is 1. The predicted molar refractivity (Wildman–Crippen MR) is 74.3 cm³/mol. The van der Waals surface area contributed by atoms with Crippen molar-refractivity contribution in [3.8, 4) is 21.7 Å². The van der Waals surface area contributed by atoms with Crippen molar-refractivity contribution >= 4 is 11.3 Å². The van der Waals surface area contributed by atoms with Crippen LogP contribution < -0.4 is 0 Å². The molecule has 0 saturated carbocycles. The molecule has 2 heteroatoms. The molecule has 3 rings (SSSR count). The monoisotopic (exact) mass is 239 g/mol. The first-order chi connectivity index (χ1) is 8.33. The van der Waals surface area contributed by atoms with Crippen LogP contribution in [0.3, 0.4) is 0 Å². The second-order valence-electron chi connectivity index (χ2n) is 4.08. The quantitative estimate of drug-likeness (QED) is 0.666. The molecule has 84 valence electrons. The molecule has 17 heavy (non-hydrogen) atoms. The van der Waals surface area contributed by atoms with E-state index in [-0.39, 0.29) is 0 Å². The first kappa shape index (κ1) is 10.4. The standard InChI is InChI=1S/C15H13NS/c1-11-7-8-15(17-11)14-9-13(10-16-14)12-5-3-2-4-6-12/h2-10,16H,1H3. The van der Waals surface area contributed by atoms with Crippen LogP contribution in [0, 0.1) is 6.92 Å². The van der Waals surface area contributed by atoms with Gasteiger partial charge < -0.3 is 4.98 Å². The van der Waals surface area contributed by atoms with Crippen LogP contribution in [0.1, 0.15) is 4.88 Å². The molecule has 1 nitrogen and oxygen atoms in total. The lowest BCUT2D eigenvalue weighted by atomic mass is 10.1. The SMILES string of the molecule is Cc1ccc(-c2cc(-c3ccccc3)c[nH]2)s1. The van der Waals surface area contributed by atoms with Gasteiger partial charge in [-0.25, -0.2) is 0 Å². The zero-order valence-electron chi connectivity index (χ0n) is 9.60. The number of aromatic amines is 1. The van der Waals surface area contributed by atoms with Crippen LogP contribution >= 0.6 is 11.3 Å². The summed E-state index contributed by atoms with van der Waals surface area (Å²) in [6.45, 7) is 2.13. The lowest BCUT2D eigenvalue weighted by Gasteiger charge is -1.94. The second kappa shape index (κ2) is 4.22. The molecule has 0 spiro atoms. The largest absolute Gasteiger partial charge is 0.360 e. The van der Waals surface area contributed by atoms with E-state index in [1.807, 2.05) is 17.4 Å². The molecule has 0 unspecified atom stereocenters. The summed E-state index contributed by atoms with van der Waals surface area (Å²) in [6, 6.07) is 17.0. The number of benzene rings is 1. The topological polar surface area (TPSA) is 15.8 Å². The van der Waals surface area contributed by atoms with Crippen LogP contribution in [-0.4, -0.2) is 4.98 Å². The van der Waals surface area contributed by atoms with Crippen molar-refractivity contribution in [2.45, 2.75) is 6.92 Å². The van der Waals surface area contributed by atoms with Crippen molar-refractivity contribution in [2.24, 2.45) is 0 Å². The number of thiophene rings is 1. The Balaban J connectivity index is 1.99. The summed E-state index contributed by atoms with van der Waals surface area (Å²) in [5, 5.41) is 0. The van der Waals surface area contributed by atoms with Crippen molar-refractivity contribution in [3.05, 3.63) is 59.6 Å². The van der Waals surface area contributed by atoms with Gasteiger partial charge in [0.2, 0.25) is 0 Å². The van der Waals surface area contributed by atoms with E-state index in [0.717, 1.165) is 0 Å². The van der Waals surface area contributed by atoms with E-state index in [1.54, 1.807) is 0 Å². The van der Waals surface area contributed by atoms with E-state index in [9.17, 15) is 0 Å². The van der Waals surface area contributed by atoms with Gasteiger partial charge in [-0.1, -0.05) is 30.3 Å². The highest BCUT2D eigenvalue weighted by atomic mass is 32.1. The third kappa shape index (κ3) is 2.04. The Hall–Kier alpha value is -1.80. The third-order valence-corrected chi connectivity index (χ3v) is 3.83. The van der Waals surface area contributed by atoms with Gasteiger partial charge in [0.1, 0.15) is 0 Å². The summed E-state index contributed by atoms with van der Waals surface area (Å²) >= 11 is 1.82. The van der Waals surface area contributed by atoms with E-state index < -0.39 is 0 Å². The summed E-state index contributed by atoms with van der Waals surface area (Å²) in [6.07, 6.45) is 2.07. The summed E-state index contributed by atoms with van der Waals surface area (Å²) in [4.78, 5) is 5.98. The molecule has 0 amide bonds. The van der Waals surface area contributed by atoms with E-state index in [1.165, 1.54) is 26.6 Å². The van der Waals surface area contributed by atoms with Crippen molar-refractivity contribution in [1.29, 1.82) is 0 Å². The average Bonchev–Trinajstić information content (AvgIpc) is 2.98. The Bertz CT molecular complexity index is 619. The van der Waals surface area contributed by atoms with Gasteiger partial charge >= 0.3 is 0 Å². The number of aromatic nitrogens is 1. The highest BCUT2D eigenvalue weighted by molar-refractivity contribution is 7.15. The minimum Gasteiger partial charge on any atom is -0.360 e. The van der Waals surface area contributed by atoms with Crippen molar-refractivity contribution in [1.82, 2.24) is 4.98 Å². The zero-order valence-corrected chi connectivity index (χ0v) is 10.4. The van der Waals surface area contributed by atoms with Gasteiger partial charge in [0, 0.05) is 11.1 Å². The normalized spacial score (nSPS) is 10.6. The number of hydrogen-bond acceptors (Lipinski definition) is 1. The van der Waals surface area contributed by atoms with Gasteiger partial charge in [0.25, 0.3) is 0 Å². The Morgan fingerprint density at radius 2 is 1.76 bits per heavy atom. The molecule has 0 radical (unpaired) electrons. The molecule has 2 heterocycles. The van der Waals surface area contributed by atoms with Gasteiger partial charge in [-0.05, 0) is 36.2 Å². The lowest BCUT2D eigenvalue weighted by Crippen LogP contribution is -1.70. The van der Waals surface area contributed by atoms with E-state index >= 15 is 0 Å². The van der Waals surface area contributed by atoms with Crippen LogP contribution in [0.4, 0.5) is 0 Å². The van der Waals surface area contributed by atoms with Gasteiger partial charge in [-0.3, -0.25) is 0 Å². The van der Waals surface area contributed by atoms with E-state index in [4.69, 9.17) is 0 Å². The molecule has 0 fully saturated rings. The highest BCUT2D eigenvalue weighted by Crippen LogP contribution is 2.30. The summed E-state index contributed by atoms with van der Waals surface area (Å²) < 4.78 is 0. The van der Waals surface area contributed by atoms with E-state index in [0.29, 0.717) is 0 Å². The molecule has 0 aliphatic rings. The van der Waals surface area contributed by atoms with Gasteiger partial charge in [0.15, 0.2) is 0 Å². The minimum atomic E-state index is 1.20. The average molecular weight is 239 g/mol. The maximum Gasteiger partial charge on any atom is 0.0561 e. The fourth-order valence-electron chi connectivity index (χ4n) is 1.91. The maximum atomic E-state index is 3.34. The fourth-order valence-corrected chi connectivity index (χ4v) is 2.76. The van der Waals surface area contributed by atoms with Crippen molar-refractivity contribution < 1.29 is 0 Å². The molecule has 0 saturated heterocycles. The predicted octanol–water partition coefficient (Wildman–Crippen LogP) is 4.72. The molecular weight excluding hydrogens is 226 g/mol. The van der Waals surface area contributed by atoms with Crippen LogP contribution in [-0.2, 0) is 0 Å². The Kier molecular flexibility index (Phi) is 2.57. The molecular formula is C15H13NS. The van der Waals surface area contributed by atoms with Gasteiger partial charge in [-0.2, -0.15) is 0 Å². The van der Waals surface area contributed by atoms with Crippen LogP contribution in [0.2, 0.25) is 0 Å². The third-order valence-electron chi connectivity index (χ3n) is 2.80. The number of aryl methyl sites for hydroxylation is 1. The Morgan fingerprint density at radius 1 is 0.941 bits per heavy atom. The lowest BCUT2D eigenvalue weighted by molar-refractivity contribution is 1.42. The number of H-pyrrole nitrogens is 1. The number of rotatable bonds is 2. The summed E-state index contributed by atoms with van der Waals surface area (Å²) in [7, 11) is 0. The Morgan fingerprint density at radius 3 is 2.47 bits per heavy atom. The second-order valence-corrected chi connectivity index (χ2v) is 5.37. The van der Waals surface area contributed by atoms with Crippen LogP contribution in [0.15, 0.2) is 54.7 Å². The maximum absolute atomic E-state index is 3.34. The number of hydrogen-bond donors (Lipinski definition) is 1. The summed E-state index contributed by atoms with van der Waals surface area (Å²) in [5.41, 5.74) is 3.69. The van der Waals surface area contributed by atoms with Crippen LogP contribution in [0.25, 0.3) is 21.7 Å². The molecule has 0 atom stereocenters. The van der Waals surface area contributed by atoms with Crippen LogP contribution in [0.5, 0.6) is 0 Å². The Labute approximate surface area is 105 Å². The molecule has 2 aromatic heterocycles. The highest BCUT2D eigenvalue weighted by Gasteiger charge is 2.05. The van der Waals surface area contributed by atoms with Gasteiger partial charge in [0.05, 0.1) is 10.6 Å². The first-order valence-corrected chi connectivity index (χ1v) is 6.45. The fraction of sp³-hybridized carbons (Fsp3) is 0.0667. The van der Waals surface area contributed by atoms with Gasteiger partial charge in [-0.15, -0.1) is 11.3 Å². The molecule has 0 aliphatic heterocycles. The van der Waals surface area contributed by atoms with E-state index in [2.05, 4.69) is 60.6 Å². The molecule has 0 aliphatic carbocycles. The molecule has 0 bridgehead atoms. The zero-order chi connectivity index (χ0) is 11.7. The minimum absolute atomic E-state index is 1.20. The summed E-state index contributed by atoms with van der Waals surface area (Å²) in [5.74, 6) is 0. The molecule has 1 aromatic carbocycles. The molecule has 1 N–H and O–H groups in total. The first-order valence-electron chi connectivity index (χ1n) is 5.63.